The van der Waals surface area contributed by atoms with E-state index in [0.29, 0.717) is 0 Å². The van der Waals surface area contributed by atoms with Crippen molar-refractivity contribution in [3.8, 4) is 50.6 Å². The molecule has 0 amide bonds. The fourth-order valence-electron chi connectivity index (χ4n) is 8.25. The first kappa shape index (κ1) is 32.5. The van der Waals surface area contributed by atoms with Gasteiger partial charge in [-0.3, -0.25) is 9.55 Å². The standard InChI is InChI=1S/C48H29N4S.Pt/c53-44-26-9-6-18-37(44)48-50-45-33(19-13-25-43(45)51(48)41-23-7-4-16-32(41)30-14-2-1-3-15-30)31-28-38-36-21-12-20-35-34-17-5-8-24-42(34)52(46(35)36)47(38)39(29-31)40-22-10-11-27-49-40;/h1-28,53H;/q-1;+2/p-1. The van der Waals surface area contributed by atoms with Crippen molar-refractivity contribution in [2.75, 3.05) is 0 Å². The van der Waals surface area contributed by atoms with Crippen LogP contribution in [0.5, 0.6) is 0 Å². The normalized spacial score (nSPS) is 11.6. The van der Waals surface area contributed by atoms with Crippen molar-refractivity contribution in [3.05, 3.63) is 176 Å². The van der Waals surface area contributed by atoms with Crippen LogP contribution in [-0.2, 0) is 33.7 Å². The maximum atomic E-state index is 5.95. The van der Waals surface area contributed by atoms with E-state index in [2.05, 4.69) is 148 Å². The summed E-state index contributed by atoms with van der Waals surface area (Å²) in [6.07, 6.45) is 1.86. The maximum Gasteiger partial charge on any atom is 2.00 e. The van der Waals surface area contributed by atoms with E-state index >= 15 is 0 Å². The predicted octanol–water partition coefficient (Wildman–Crippen LogP) is 11.9. The second-order valence-corrected chi connectivity index (χ2v) is 13.9. The van der Waals surface area contributed by atoms with Gasteiger partial charge in [0.25, 0.3) is 0 Å². The zero-order valence-electron chi connectivity index (χ0n) is 28.7. The summed E-state index contributed by atoms with van der Waals surface area (Å²) in [5, 5.41) is 4.85. The topological polar surface area (TPSA) is 35.1 Å². The van der Waals surface area contributed by atoms with Crippen molar-refractivity contribution in [2.24, 2.45) is 0 Å². The number of aromatic nitrogens is 4. The molecule has 11 rings (SSSR count). The monoisotopic (exact) mass is 887 g/mol. The molecular formula is C48H28N4PtS. The third-order valence-corrected chi connectivity index (χ3v) is 10.9. The summed E-state index contributed by atoms with van der Waals surface area (Å²) >= 11 is 5.95. The van der Waals surface area contributed by atoms with Gasteiger partial charge in [0.05, 0.1) is 22.2 Å². The van der Waals surface area contributed by atoms with Crippen LogP contribution in [0.1, 0.15) is 0 Å². The summed E-state index contributed by atoms with van der Waals surface area (Å²) in [5.41, 5.74) is 13.4. The molecule has 11 aromatic rings. The second-order valence-electron chi connectivity index (χ2n) is 13.4. The molecule has 0 saturated carbocycles. The Bertz CT molecular complexity index is 3180. The van der Waals surface area contributed by atoms with Gasteiger partial charge in [-0.2, -0.15) is 4.90 Å². The van der Waals surface area contributed by atoms with Gasteiger partial charge in [-0.25, -0.2) is 4.98 Å². The van der Waals surface area contributed by atoms with Crippen molar-refractivity contribution in [1.82, 2.24) is 18.9 Å². The van der Waals surface area contributed by atoms with Crippen LogP contribution in [-0.4, -0.2) is 18.9 Å². The third kappa shape index (κ3) is 4.79. The third-order valence-electron chi connectivity index (χ3n) is 10.5. The zero-order valence-corrected chi connectivity index (χ0v) is 31.8. The predicted molar refractivity (Wildman–Crippen MR) is 220 cm³/mol. The van der Waals surface area contributed by atoms with Gasteiger partial charge in [-0.15, -0.1) is 17.7 Å². The molecule has 0 unspecified atom stereocenters. The van der Waals surface area contributed by atoms with Crippen LogP contribution in [0.4, 0.5) is 0 Å². The zero-order chi connectivity index (χ0) is 35.0. The summed E-state index contributed by atoms with van der Waals surface area (Å²) in [6.45, 7) is 0. The molecule has 4 heterocycles. The van der Waals surface area contributed by atoms with Gasteiger partial charge >= 0.3 is 21.1 Å². The first-order valence-electron chi connectivity index (χ1n) is 17.7. The summed E-state index contributed by atoms with van der Waals surface area (Å²) in [5.74, 6) is 0.805. The molecule has 0 saturated heterocycles. The van der Waals surface area contributed by atoms with Crippen molar-refractivity contribution >= 4 is 61.8 Å². The van der Waals surface area contributed by atoms with E-state index in [1.807, 2.05) is 36.5 Å². The van der Waals surface area contributed by atoms with E-state index in [1.165, 1.54) is 27.2 Å². The molecule has 0 aliphatic rings. The maximum absolute atomic E-state index is 5.95. The van der Waals surface area contributed by atoms with Crippen molar-refractivity contribution < 1.29 is 21.1 Å². The van der Waals surface area contributed by atoms with Gasteiger partial charge in [0, 0.05) is 33.7 Å². The molecule has 0 bridgehead atoms. The van der Waals surface area contributed by atoms with Gasteiger partial charge in [0.2, 0.25) is 0 Å². The Morgan fingerprint density at radius 1 is 0.537 bits per heavy atom. The quantitative estimate of drug-likeness (QED) is 0.128. The molecular weight excluding hydrogens is 860 g/mol. The van der Waals surface area contributed by atoms with Gasteiger partial charge in [0.1, 0.15) is 5.82 Å². The SMILES string of the molecule is [Pt+2].[S-]c1ccccc1-c1nc2c(-c3[c-]c(-c4ccccn4)c4c(c3)c3cccc5c6ccccc6n4c53)cccc2n1-c1ccccc1-c1ccccc1. The average molecular weight is 888 g/mol. The minimum Gasteiger partial charge on any atom is -0.779 e. The number of benzene rings is 7. The number of hydrogen-bond acceptors (Lipinski definition) is 3. The van der Waals surface area contributed by atoms with Crippen LogP contribution in [0.3, 0.4) is 0 Å². The summed E-state index contributed by atoms with van der Waals surface area (Å²) < 4.78 is 4.69. The molecule has 0 radical (unpaired) electrons. The van der Waals surface area contributed by atoms with Gasteiger partial charge in [0.15, 0.2) is 0 Å². The molecule has 256 valence electrons. The molecule has 0 atom stereocenters. The molecule has 0 aliphatic carbocycles. The van der Waals surface area contributed by atoms with Crippen molar-refractivity contribution in [2.45, 2.75) is 4.90 Å². The van der Waals surface area contributed by atoms with E-state index in [4.69, 9.17) is 22.6 Å². The first-order chi connectivity index (χ1) is 26.2. The summed E-state index contributed by atoms with van der Waals surface area (Å²) in [6, 6.07) is 61.2. The first-order valence-corrected chi connectivity index (χ1v) is 18.1. The van der Waals surface area contributed by atoms with Crippen LogP contribution in [0.2, 0.25) is 0 Å². The average Bonchev–Trinajstić information content (AvgIpc) is 3.89. The molecule has 0 fully saturated rings. The van der Waals surface area contributed by atoms with Crippen molar-refractivity contribution in [3.63, 3.8) is 0 Å². The molecule has 6 heteroatoms. The number of pyridine rings is 1. The van der Waals surface area contributed by atoms with Crippen LogP contribution in [0, 0.1) is 6.07 Å². The molecule has 0 N–H and O–H groups in total. The van der Waals surface area contributed by atoms with Gasteiger partial charge in [-0.1, -0.05) is 150 Å². The smallest absolute Gasteiger partial charge is 0.779 e. The van der Waals surface area contributed by atoms with Gasteiger partial charge in [-0.05, 0) is 46.3 Å². The fraction of sp³-hybridized carbons (Fsp3) is 0. The minimum absolute atomic E-state index is 0. The Balaban J connectivity index is 0.00000361. The molecule has 54 heavy (non-hydrogen) atoms. The Kier molecular flexibility index (Phi) is 7.69. The van der Waals surface area contributed by atoms with Crippen molar-refractivity contribution in [1.29, 1.82) is 0 Å². The number of imidazole rings is 1. The van der Waals surface area contributed by atoms with Crippen LogP contribution < -0.4 is 0 Å². The Labute approximate surface area is 331 Å². The van der Waals surface area contributed by atoms with E-state index in [-0.39, 0.29) is 21.1 Å². The number of nitrogens with zero attached hydrogens (tertiary/aromatic N) is 4. The van der Waals surface area contributed by atoms with Gasteiger partial charge < -0.3 is 17.0 Å². The van der Waals surface area contributed by atoms with E-state index in [0.717, 1.165) is 77.4 Å². The number of para-hydroxylation sites is 4. The molecule has 4 nitrogen and oxygen atoms in total. The van der Waals surface area contributed by atoms with E-state index in [9.17, 15) is 0 Å². The second kappa shape index (κ2) is 12.8. The fourth-order valence-corrected chi connectivity index (χ4v) is 8.49. The summed E-state index contributed by atoms with van der Waals surface area (Å²) in [4.78, 5) is 11.1. The van der Waals surface area contributed by atoms with E-state index < -0.39 is 0 Å². The molecule has 0 spiro atoms. The molecule has 0 aliphatic heterocycles. The number of fused-ring (bicyclic) bond motifs is 7. The largest absolute Gasteiger partial charge is 2.00 e. The molecule has 4 aromatic heterocycles. The summed E-state index contributed by atoms with van der Waals surface area (Å²) in [7, 11) is 0. The Hall–Kier alpha value is -6.13. The number of hydrogen-bond donors (Lipinski definition) is 0. The molecule has 7 aromatic carbocycles. The van der Waals surface area contributed by atoms with Crippen LogP contribution in [0.15, 0.2) is 175 Å². The Morgan fingerprint density at radius 2 is 1.20 bits per heavy atom. The van der Waals surface area contributed by atoms with E-state index in [1.54, 1.807) is 0 Å². The number of rotatable bonds is 5. The van der Waals surface area contributed by atoms with Crippen LogP contribution in [0.25, 0.3) is 99.7 Å². The minimum atomic E-state index is 0. The van der Waals surface area contributed by atoms with Crippen LogP contribution >= 0.6 is 0 Å². The Morgan fingerprint density at radius 3 is 2.04 bits per heavy atom.